The molecule has 1 saturated carbocycles. The van der Waals surface area contributed by atoms with Crippen molar-refractivity contribution in [3.05, 3.63) is 17.5 Å². The van der Waals surface area contributed by atoms with Crippen LogP contribution in [0.25, 0.3) is 0 Å². The van der Waals surface area contributed by atoms with E-state index in [1.165, 1.54) is 0 Å². The summed E-state index contributed by atoms with van der Waals surface area (Å²) in [4.78, 5) is 10.8. The maximum atomic E-state index is 12.2. The Labute approximate surface area is 115 Å². The molecule has 1 atom stereocenters. The molecule has 0 amide bonds. The lowest BCUT2D eigenvalue weighted by atomic mass is 10.1. The van der Waals surface area contributed by atoms with Gasteiger partial charge >= 0.3 is 5.97 Å². The molecule has 1 aromatic rings. The normalized spacial score (nSPS) is 18.2. The fourth-order valence-corrected chi connectivity index (χ4v) is 4.15. The first-order valence-corrected chi connectivity index (χ1v) is 8.03. The van der Waals surface area contributed by atoms with Crippen molar-refractivity contribution in [3.63, 3.8) is 0 Å². The summed E-state index contributed by atoms with van der Waals surface area (Å²) in [5.74, 6) is 0.174. The van der Waals surface area contributed by atoms with Crippen LogP contribution in [-0.4, -0.2) is 30.8 Å². The molecule has 1 aliphatic carbocycles. The quantitative estimate of drug-likeness (QED) is 0.827. The minimum absolute atomic E-state index is 0.144. The zero-order chi connectivity index (χ0) is 14.0. The molecule has 1 fully saturated rings. The lowest BCUT2D eigenvalue weighted by Gasteiger charge is -2.12. The summed E-state index contributed by atoms with van der Waals surface area (Å²) >= 11 is 0. The molecular formula is C13H20N2O3S. The highest BCUT2D eigenvalue weighted by Crippen LogP contribution is 2.49. The predicted molar refractivity (Wildman–Crippen MR) is 73.3 cm³/mol. The summed E-state index contributed by atoms with van der Waals surface area (Å²) in [5.41, 5.74) is 1.70. The number of aryl methyl sites for hydroxylation is 2. The molecule has 0 aliphatic heterocycles. The van der Waals surface area contributed by atoms with Crippen LogP contribution in [0.1, 0.15) is 37.6 Å². The van der Waals surface area contributed by atoms with Gasteiger partial charge in [-0.2, -0.15) is 5.10 Å². The highest BCUT2D eigenvalue weighted by Gasteiger charge is 2.45. The van der Waals surface area contributed by atoms with E-state index in [1.54, 1.807) is 0 Å². The second-order valence-electron chi connectivity index (χ2n) is 5.39. The van der Waals surface area contributed by atoms with Crippen molar-refractivity contribution in [2.75, 3.05) is 5.75 Å². The molecule has 1 heterocycles. The molecule has 19 heavy (non-hydrogen) atoms. The van der Waals surface area contributed by atoms with E-state index >= 15 is 0 Å². The second kappa shape index (κ2) is 5.45. The third-order valence-corrected chi connectivity index (χ3v) is 5.10. The van der Waals surface area contributed by atoms with Gasteiger partial charge in [0.15, 0.2) is 0 Å². The topological polar surface area (TPSA) is 72.2 Å². The molecular weight excluding hydrogens is 264 g/mol. The fraction of sp³-hybridized carbons (Fsp3) is 0.692. The molecule has 1 aliphatic rings. The van der Waals surface area contributed by atoms with Crippen LogP contribution in [0.4, 0.5) is 0 Å². The van der Waals surface area contributed by atoms with E-state index in [0.717, 1.165) is 30.8 Å². The number of nitrogens with zero attached hydrogens (tertiary/aromatic N) is 2. The number of carboxylic acid groups (broad SMARTS) is 1. The van der Waals surface area contributed by atoms with Crippen LogP contribution >= 0.6 is 0 Å². The SMILES string of the molecule is CCn1nc(C)cc1CS(=O)CC1(CC(=O)O)CC1. The van der Waals surface area contributed by atoms with Crippen LogP contribution in [-0.2, 0) is 27.9 Å². The van der Waals surface area contributed by atoms with E-state index in [0.29, 0.717) is 11.5 Å². The number of rotatable bonds is 7. The fourth-order valence-electron chi connectivity index (χ4n) is 2.42. The highest BCUT2D eigenvalue weighted by molar-refractivity contribution is 7.84. The van der Waals surface area contributed by atoms with Crippen LogP contribution in [0.3, 0.4) is 0 Å². The van der Waals surface area contributed by atoms with Crippen molar-refractivity contribution in [2.24, 2.45) is 5.41 Å². The third-order valence-electron chi connectivity index (χ3n) is 3.54. The van der Waals surface area contributed by atoms with Gasteiger partial charge in [0.25, 0.3) is 0 Å². The summed E-state index contributed by atoms with van der Waals surface area (Å²) in [6.45, 7) is 4.69. The molecule has 1 unspecified atom stereocenters. The number of carbonyl (C=O) groups is 1. The van der Waals surface area contributed by atoms with Crippen molar-refractivity contribution in [2.45, 2.75) is 45.4 Å². The molecule has 1 N–H and O–H groups in total. The van der Waals surface area contributed by atoms with E-state index in [4.69, 9.17) is 5.11 Å². The number of hydrogen-bond donors (Lipinski definition) is 1. The smallest absolute Gasteiger partial charge is 0.303 e. The van der Waals surface area contributed by atoms with Gasteiger partial charge in [-0.15, -0.1) is 0 Å². The minimum Gasteiger partial charge on any atom is -0.481 e. The number of hydrogen-bond acceptors (Lipinski definition) is 3. The molecule has 106 valence electrons. The van der Waals surface area contributed by atoms with E-state index in [2.05, 4.69) is 5.10 Å². The van der Waals surface area contributed by atoms with E-state index in [-0.39, 0.29) is 11.8 Å². The van der Waals surface area contributed by atoms with Crippen LogP contribution in [0.15, 0.2) is 6.07 Å². The Morgan fingerprint density at radius 1 is 1.58 bits per heavy atom. The van der Waals surface area contributed by atoms with Crippen molar-refractivity contribution < 1.29 is 14.1 Å². The van der Waals surface area contributed by atoms with Gasteiger partial charge in [0.2, 0.25) is 0 Å². The maximum absolute atomic E-state index is 12.2. The molecule has 0 aromatic carbocycles. The Hall–Kier alpha value is -1.17. The van der Waals surface area contributed by atoms with Gasteiger partial charge in [0.05, 0.1) is 23.6 Å². The highest BCUT2D eigenvalue weighted by atomic mass is 32.2. The number of aliphatic carboxylic acids is 1. The Bertz CT molecular complexity index is 506. The molecule has 1 aromatic heterocycles. The largest absolute Gasteiger partial charge is 0.481 e. The van der Waals surface area contributed by atoms with Gasteiger partial charge in [0.1, 0.15) is 0 Å². The zero-order valence-electron chi connectivity index (χ0n) is 11.4. The molecule has 0 radical (unpaired) electrons. The average molecular weight is 284 g/mol. The maximum Gasteiger partial charge on any atom is 0.303 e. The van der Waals surface area contributed by atoms with Crippen molar-refractivity contribution >= 4 is 16.8 Å². The summed E-state index contributed by atoms with van der Waals surface area (Å²) in [6.07, 6.45) is 1.92. The summed E-state index contributed by atoms with van der Waals surface area (Å²) in [6, 6.07) is 1.96. The van der Waals surface area contributed by atoms with E-state index in [1.807, 2.05) is 24.6 Å². The van der Waals surface area contributed by atoms with Crippen LogP contribution in [0.2, 0.25) is 0 Å². The Morgan fingerprint density at radius 2 is 2.26 bits per heavy atom. The third kappa shape index (κ3) is 3.65. The molecule has 2 rings (SSSR count). The first-order chi connectivity index (χ1) is 8.94. The average Bonchev–Trinajstić information content (AvgIpc) is 2.92. The predicted octanol–water partition coefficient (Wildman–Crippen LogP) is 1.72. The Balaban J connectivity index is 1.96. The van der Waals surface area contributed by atoms with Crippen molar-refractivity contribution in [3.8, 4) is 0 Å². The lowest BCUT2D eigenvalue weighted by molar-refractivity contribution is -0.138. The van der Waals surface area contributed by atoms with Gasteiger partial charge < -0.3 is 5.11 Å². The van der Waals surface area contributed by atoms with Gasteiger partial charge in [0, 0.05) is 23.1 Å². The number of carboxylic acids is 1. The minimum atomic E-state index is -1.02. The molecule has 6 heteroatoms. The van der Waals surface area contributed by atoms with Crippen LogP contribution in [0, 0.1) is 12.3 Å². The lowest BCUT2D eigenvalue weighted by Crippen LogP contribution is -2.18. The Kier molecular flexibility index (Phi) is 4.08. The molecule has 0 saturated heterocycles. The molecule has 5 nitrogen and oxygen atoms in total. The molecule has 0 spiro atoms. The standard InChI is InChI=1S/C13H20N2O3S/c1-3-15-11(6-10(2)14-15)8-19(18)9-13(4-5-13)7-12(16)17/h6H,3-5,7-9H2,1-2H3,(H,16,17). The van der Waals surface area contributed by atoms with Gasteiger partial charge in [-0.25, -0.2) is 0 Å². The van der Waals surface area contributed by atoms with Crippen LogP contribution < -0.4 is 0 Å². The van der Waals surface area contributed by atoms with E-state index < -0.39 is 16.8 Å². The summed E-state index contributed by atoms with van der Waals surface area (Å²) in [7, 11) is -1.02. The Morgan fingerprint density at radius 3 is 2.79 bits per heavy atom. The van der Waals surface area contributed by atoms with Crippen molar-refractivity contribution in [1.82, 2.24) is 9.78 Å². The van der Waals surface area contributed by atoms with Gasteiger partial charge in [-0.3, -0.25) is 13.7 Å². The second-order valence-corrected chi connectivity index (χ2v) is 6.85. The molecule has 0 bridgehead atoms. The van der Waals surface area contributed by atoms with Crippen LogP contribution in [0.5, 0.6) is 0 Å². The first kappa shape index (κ1) is 14.2. The van der Waals surface area contributed by atoms with Gasteiger partial charge in [-0.05, 0) is 38.2 Å². The number of aromatic nitrogens is 2. The summed E-state index contributed by atoms with van der Waals surface area (Å²) < 4.78 is 14.1. The van der Waals surface area contributed by atoms with E-state index in [9.17, 15) is 9.00 Å². The monoisotopic (exact) mass is 284 g/mol. The van der Waals surface area contributed by atoms with Crippen molar-refractivity contribution in [1.29, 1.82) is 0 Å². The summed E-state index contributed by atoms with van der Waals surface area (Å²) in [5, 5.41) is 13.2. The van der Waals surface area contributed by atoms with Gasteiger partial charge in [-0.1, -0.05) is 0 Å². The zero-order valence-corrected chi connectivity index (χ0v) is 12.2. The first-order valence-electron chi connectivity index (χ1n) is 6.54.